The lowest BCUT2D eigenvalue weighted by atomic mass is 9.82. The number of methoxy groups -OCH3 is 1. The van der Waals surface area contributed by atoms with Gasteiger partial charge in [-0.05, 0) is 62.7 Å². The molecule has 2 heterocycles. The molecule has 0 aliphatic carbocycles. The maximum Gasteiger partial charge on any atom is 0.305 e. The summed E-state index contributed by atoms with van der Waals surface area (Å²) in [7, 11) is -1.98. The first-order valence-electron chi connectivity index (χ1n) is 13.4. The van der Waals surface area contributed by atoms with Crippen molar-refractivity contribution in [3.8, 4) is 0 Å². The Labute approximate surface area is 229 Å². The first-order valence-corrected chi connectivity index (χ1v) is 16.4. The van der Waals surface area contributed by atoms with Crippen LogP contribution in [0, 0.1) is 5.92 Å². The van der Waals surface area contributed by atoms with E-state index in [0.717, 1.165) is 6.41 Å². The van der Waals surface area contributed by atoms with Gasteiger partial charge in [0.25, 0.3) is 5.91 Å². The maximum absolute atomic E-state index is 15.7. The van der Waals surface area contributed by atoms with Gasteiger partial charge in [-0.1, -0.05) is 25.1 Å². The molecule has 10 heteroatoms. The largest absolute Gasteiger partial charge is 0.469 e. The number of amides is 2. The van der Waals surface area contributed by atoms with Gasteiger partial charge in [-0.2, -0.15) is 0 Å². The summed E-state index contributed by atoms with van der Waals surface area (Å²) in [6.45, 7) is 5.26. The number of unbranched alkanes of at least 4 members (excludes halogenated alkanes) is 1. The number of para-hydroxylation sites is 1. The molecule has 2 aliphatic heterocycles. The van der Waals surface area contributed by atoms with E-state index in [0.29, 0.717) is 42.0 Å². The maximum atomic E-state index is 15.7. The number of carbonyl (C=O) groups is 3. The van der Waals surface area contributed by atoms with Gasteiger partial charge in [-0.25, -0.2) is 0 Å². The van der Waals surface area contributed by atoms with E-state index in [4.69, 9.17) is 9.47 Å². The van der Waals surface area contributed by atoms with Crippen molar-refractivity contribution in [3.05, 3.63) is 54.1 Å². The highest BCUT2D eigenvalue weighted by Gasteiger charge is 2.66. The van der Waals surface area contributed by atoms with Crippen molar-refractivity contribution in [2.45, 2.75) is 62.9 Å². The molecule has 4 rings (SSSR count). The lowest BCUT2D eigenvalue weighted by Gasteiger charge is -2.31. The first kappa shape index (κ1) is 28.9. The Hall–Kier alpha value is -3.08. The Morgan fingerprint density at radius 1 is 1.21 bits per heavy atom. The minimum absolute atomic E-state index is 0.181. The van der Waals surface area contributed by atoms with Gasteiger partial charge < -0.3 is 23.6 Å². The van der Waals surface area contributed by atoms with Crippen LogP contribution in [0.3, 0.4) is 0 Å². The summed E-state index contributed by atoms with van der Waals surface area (Å²) in [5, 5.41) is 9.76. The molecule has 2 amide bonds. The third-order valence-corrected chi connectivity index (χ3v) is 10.5. The molecule has 1 saturated heterocycles. The Balaban J connectivity index is 1.79. The van der Waals surface area contributed by atoms with Gasteiger partial charge in [0.05, 0.1) is 18.9 Å². The quantitative estimate of drug-likeness (QED) is 0.140. The highest BCUT2D eigenvalue weighted by Crippen LogP contribution is 2.60. The molecule has 2 aromatic rings. The number of fused-ring (bicyclic) bond motifs is 2. The molecule has 2 aromatic carbocycles. The van der Waals surface area contributed by atoms with E-state index in [2.05, 4.69) is 0 Å². The third-order valence-electron chi connectivity index (χ3n) is 8.02. The Kier molecular flexibility index (Phi) is 8.58. The second kappa shape index (κ2) is 11.6. The fraction of sp³-hybridized carbons (Fsp3) is 0.483. The summed E-state index contributed by atoms with van der Waals surface area (Å²) < 4.78 is 27.0. The van der Waals surface area contributed by atoms with Crippen LogP contribution in [0.1, 0.15) is 38.2 Å². The van der Waals surface area contributed by atoms with Crippen LogP contribution in [-0.4, -0.2) is 58.2 Å². The molecule has 39 heavy (non-hydrogen) atoms. The number of nitrogens with zero attached hydrogens (tertiary/aromatic N) is 2. The lowest BCUT2D eigenvalue weighted by molar-refractivity contribution is -0.146. The second-order valence-electron chi connectivity index (χ2n) is 10.8. The zero-order chi connectivity index (χ0) is 28.4. The number of hydrogen-bond acceptors (Lipinski definition) is 6. The lowest BCUT2D eigenvalue weighted by Crippen LogP contribution is -2.45. The summed E-state index contributed by atoms with van der Waals surface area (Å²) in [6.07, 6.45) is 1.68. The van der Waals surface area contributed by atoms with Gasteiger partial charge in [0, 0.05) is 48.0 Å². The van der Waals surface area contributed by atoms with E-state index in [1.54, 1.807) is 36.2 Å². The number of carbonyl (C=O) groups excluding carboxylic acids is 3. The van der Waals surface area contributed by atoms with E-state index in [1.165, 1.54) is 12.0 Å². The van der Waals surface area contributed by atoms with Gasteiger partial charge in [0.1, 0.15) is 0 Å². The van der Waals surface area contributed by atoms with E-state index in [1.807, 2.05) is 37.3 Å². The van der Waals surface area contributed by atoms with E-state index in [9.17, 15) is 19.5 Å². The molecule has 0 saturated carbocycles. The predicted octanol–water partition coefficient (Wildman–Crippen LogP) is 4.83. The van der Waals surface area contributed by atoms with Crippen molar-refractivity contribution in [2.24, 2.45) is 5.92 Å². The highest BCUT2D eigenvalue weighted by molar-refractivity contribution is 6.72. The van der Waals surface area contributed by atoms with E-state index >= 15 is 4.11 Å². The van der Waals surface area contributed by atoms with Gasteiger partial charge >= 0.3 is 5.97 Å². The number of benzene rings is 2. The summed E-state index contributed by atoms with van der Waals surface area (Å²) in [5.41, 5.74) is 0.510. The monoisotopic (exact) mass is 556 g/mol. The SMILES string of the molecule is COC(=O)CCCCN1C(=O)[C@]2(O[C@H](CCO)[C@@H]([Si](C)(C)F)[C@@H]2C)c2cc(N(C=O)c3ccccc3)ccc21. The fourth-order valence-electron chi connectivity index (χ4n) is 6.30. The van der Waals surface area contributed by atoms with Crippen LogP contribution in [0.25, 0.3) is 0 Å². The molecule has 4 atom stereocenters. The van der Waals surface area contributed by atoms with E-state index in [-0.39, 0.29) is 31.3 Å². The van der Waals surface area contributed by atoms with Crippen LogP contribution in [0.15, 0.2) is 48.5 Å². The number of aliphatic hydroxyl groups is 1. The molecule has 0 bridgehead atoms. The molecule has 1 fully saturated rings. The van der Waals surface area contributed by atoms with Crippen LogP contribution >= 0.6 is 0 Å². The third kappa shape index (κ3) is 5.25. The number of anilines is 3. The number of halogens is 1. The minimum atomic E-state index is -3.32. The average molecular weight is 557 g/mol. The van der Waals surface area contributed by atoms with Crippen LogP contribution in [0.5, 0.6) is 0 Å². The summed E-state index contributed by atoms with van der Waals surface area (Å²) in [6, 6.07) is 14.5. The van der Waals surface area contributed by atoms with Crippen LogP contribution in [0.2, 0.25) is 18.6 Å². The first-order chi connectivity index (χ1) is 18.6. The summed E-state index contributed by atoms with van der Waals surface area (Å²) in [5.74, 6) is -1.08. The zero-order valence-electron chi connectivity index (χ0n) is 22.9. The Morgan fingerprint density at radius 3 is 2.54 bits per heavy atom. The van der Waals surface area contributed by atoms with Crippen LogP contribution < -0.4 is 9.80 Å². The Morgan fingerprint density at radius 2 is 1.92 bits per heavy atom. The van der Waals surface area contributed by atoms with Crippen LogP contribution in [-0.2, 0) is 29.5 Å². The van der Waals surface area contributed by atoms with Crippen molar-refractivity contribution >= 4 is 43.8 Å². The van der Waals surface area contributed by atoms with Crippen molar-refractivity contribution in [1.82, 2.24) is 0 Å². The molecule has 210 valence electrons. The van der Waals surface area contributed by atoms with Gasteiger partial charge in [0.15, 0.2) is 5.60 Å². The van der Waals surface area contributed by atoms with Crippen molar-refractivity contribution < 1.29 is 33.1 Å². The number of aliphatic hydroxyl groups excluding tert-OH is 1. The highest BCUT2D eigenvalue weighted by atomic mass is 28.4. The summed E-state index contributed by atoms with van der Waals surface area (Å²) in [4.78, 5) is 41.2. The van der Waals surface area contributed by atoms with Crippen LogP contribution in [0.4, 0.5) is 21.2 Å². The van der Waals surface area contributed by atoms with Gasteiger partial charge in [-0.15, -0.1) is 0 Å². The molecule has 1 spiro atoms. The molecule has 0 radical (unpaired) electrons. The zero-order valence-corrected chi connectivity index (χ0v) is 23.9. The fourth-order valence-corrected chi connectivity index (χ4v) is 8.85. The smallest absolute Gasteiger partial charge is 0.305 e. The molecule has 0 aromatic heterocycles. The molecule has 0 unspecified atom stereocenters. The summed E-state index contributed by atoms with van der Waals surface area (Å²) >= 11 is 0. The number of rotatable bonds is 11. The van der Waals surface area contributed by atoms with Crippen molar-refractivity contribution in [1.29, 1.82) is 0 Å². The normalized spacial score (nSPS) is 24.2. The molecule has 2 aliphatic rings. The standard InChI is InChI=1S/C29H37FN2O6Si/c1-20-27(39(3,4)30)25(15-17-33)38-29(20)23-18-22(32(19-34)21-10-6-5-7-11-21)13-14-24(23)31(28(29)36)16-9-8-12-26(35)37-2/h5-7,10-11,13-14,18-20,25,27,33H,8-9,12,15-17H2,1-4H3/t20-,25+,27-,29+/m0/s1. The van der Waals surface area contributed by atoms with Gasteiger partial charge in [0.2, 0.25) is 14.8 Å². The van der Waals surface area contributed by atoms with E-state index < -0.39 is 31.6 Å². The molecule has 8 nitrogen and oxygen atoms in total. The molecular weight excluding hydrogens is 519 g/mol. The van der Waals surface area contributed by atoms with Crippen molar-refractivity contribution in [3.63, 3.8) is 0 Å². The van der Waals surface area contributed by atoms with Gasteiger partial charge in [-0.3, -0.25) is 19.3 Å². The Bertz CT molecular complexity index is 1210. The molecule has 1 N–H and O–H groups in total. The van der Waals surface area contributed by atoms with Crippen molar-refractivity contribution in [2.75, 3.05) is 30.1 Å². The molecular formula is C29H37FN2O6Si. The number of esters is 1. The minimum Gasteiger partial charge on any atom is -0.469 e. The second-order valence-corrected chi connectivity index (χ2v) is 14.6. The average Bonchev–Trinajstić information content (AvgIpc) is 3.34. The number of hydrogen-bond donors (Lipinski definition) is 1. The topological polar surface area (TPSA) is 96.4 Å². The predicted molar refractivity (Wildman–Crippen MR) is 149 cm³/mol. The number of ether oxygens (including phenoxy) is 2.